The van der Waals surface area contributed by atoms with Gasteiger partial charge < -0.3 is 15.4 Å². The lowest BCUT2D eigenvalue weighted by molar-refractivity contribution is -0.120. The highest BCUT2D eigenvalue weighted by molar-refractivity contribution is 5.81. The first-order valence-electron chi connectivity index (χ1n) is 8.02. The Morgan fingerprint density at radius 1 is 1.19 bits per heavy atom. The fourth-order valence-electron chi connectivity index (χ4n) is 2.79. The van der Waals surface area contributed by atoms with E-state index in [9.17, 15) is 4.79 Å². The Bertz CT molecular complexity index is 466. The molecule has 0 aromatic heterocycles. The molecular weight excluding hydrogens is 264 g/mol. The van der Waals surface area contributed by atoms with E-state index >= 15 is 0 Å². The van der Waals surface area contributed by atoms with Crippen molar-refractivity contribution in [3.8, 4) is 5.75 Å². The minimum absolute atomic E-state index is 0.104. The van der Waals surface area contributed by atoms with Crippen LogP contribution in [0.5, 0.6) is 5.75 Å². The average Bonchev–Trinajstić information content (AvgIpc) is 3.38. The second-order valence-electron chi connectivity index (χ2n) is 6.08. The molecule has 0 unspecified atom stereocenters. The number of rotatable bonds is 8. The van der Waals surface area contributed by atoms with Crippen LogP contribution >= 0.6 is 0 Å². The zero-order chi connectivity index (χ0) is 14.7. The highest BCUT2D eigenvalue weighted by Gasteiger charge is 2.42. The van der Waals surface area contributed by atoms with Crippen molar-refractivity contribution >= 4 is 11.6 Å². The standard InChI is InChI=1S/C17H24N2O2/c1-2-21-15-9-7-14(8-10-15)18-11-16(20)19-17(12-3-4-12)13-5-6-13/h7-10,12-13,17-18H,2-6,11H2,1H3,(H,19,20). The number of carbonyl (C=O) groups is 1. The molecular formula is C17H24N2O2. The van der Waals surface area contributed by atoms with Crippen LogP contribution in [-0.2, 0) is 4.79 Å². The summed E-state index contributed by atoms with van der Waals surface area (Å²) in [4.78, 5) is 12.1. The first kappa shape index (κ1) is 14.2. The number of hydrogen-bond donors (Lipinski definition) is 2. The van der Waals surface area contributed by atoms with Gasteiger partial charge in [-0.05, 0) is 68.7 Å². The summed E-state index contributed by atoms with van der Waals surface area (Å²) in [7, 11) is 0. The number of carbonyl (C=O) groups excluding carboxylic acids is 1. The van der Waals surface area contributed by atoms with Crippen molar-refractivity contribution in [1.29, 1.82) is 0 Å². The predicted molar refractivity (Wildman–Crippen MR) is 83.5 cm³/mol. The Hall–Kier alpha value is -1.71. The molecule has 1 amide bonds. The summed E-state index contributed by atoms with van der Waals surface area (Å²) in [5, 5.41) is 6.39. The Balaban J connectivity index is 1.44. The first-order valence-corrected chi connectivity index (χ1v) is 8.02. The van der Waals surface area contributed by atoms with E-state index < -0.39 is 0 Å². The molecule has 0 spiro atoms. The first-order chi connectivity index (χ1) is 10.3. The molecule has 0 atom stereocenters. The summed E-state index contributed by atoms with van der Waals surface area (Å²) < 4.78 is 5.40. The molecule has 0 bridgehead atoms. The van der Waals surface area contributed by atoms with Gasteiger partial charge in [0.15, 0.2) is 0 Å². The van der Waals surface area contributed by atoms with Crippen LogP contribution in [-0.4, -0.2) is 25.1 Å². The minimum Gasteiger partial charge on any atom is -0.494 e. The van der Waals surface area contributed by atoms with E-state index in [0.29, 0.717) is 19.2 Å². The molecule has 0 aliphatic heterocycles. The lowest BCUT2D eigenvalue weighted by atomic mass is 10.1. The zero-order valence-electron chi connectivity index (χ0n) is 12.6. The van der Waals surface area contributed by atoms with Crippen molar-refractivity contribution in [2.75, 3.05) is 18.5 Å². The number of hydrogen-bond acceptors (Lipinski definition) is 3. The molecule has 2 N–H and O–H groups in total. The summed E-state index contributed by atoms with van der Waals surface area (Å²) in [6.07, 6.45) is 5.14. The maximum Gasteiger partial charge on any atom is 0.239 e. The molecule has 4 heteroatoms. The van der Waals surface area contributed by atoms with Crippen molar-refractivity contribution in [2.24, 2.45) is 11.8 Å². The van der Waals surface area contributed by atoms with E-state index in [0.717, 1.165) is 23.3 Å². The largest absolute Gasteiger partial charge is 0.494 e. The van der Waals surface area contributed by atoms with Gasteiger partial charge in [-0.3, -0.25) is 4.79 Å². The van der Waals surface area contributed by atoms with Crippen molar-refractivity contribution in [1.82, 2.24) is 5.32 Å². The minimum atomic E-state index is 0.104. The number of ether oxygens (including phenoxy) is 1. The van der Waals surface area contributed by atoms with Gasteiger partial charge >= 0.3 is 0 Å². The fourth-order valence-corrected chi connectivity index (χ4v) is 2.79. The van der Waals surface area contributed by atoms with E-state index in [1.165, 1.54) is 25.7 Å². The number of amides is 1. The van der Waals surface area contributed by atoms with Gasteiger partial charge in [0.2, 0.25) is 5.91 Å². The Labute approximate surface area is 126 Å². The smallest absolute Gasteiger partial charge is 0.239 e. The van der Waals surface area contributed by atoms with Crippen molar-refractivity contribution < 1.29 is 9.53 Å². The molecule has 114 valence electrons. The van der Waals surface area contributed by atoms with Crippen LogP contribution in [0, 0.1) is 11.8 Å². The quantitative estimate of drug-likeness (QED) is 0.773. The Morgan fingerprint density at radius 2 is 1.81 bits per heavy atom. The molecule has 0 heterocycles. The van der Waals surface area contributed by atoms with Crippen LogP contribution in [0.1, 0.15) is 32.6 Å². The van der Waals surface area contributed by atoms with Crippen LogP contribution in [0.25, 0.3) is 0 Å². The maximum atomic E-state index is 12.1. The lowest BCUT2D eigenvalue weighted by Crippen LogP contribution is -2.41. The van der Waals surface area contributed by atoms with Crippen LogP contribution < -0.4 is 15.4 Å². The molecule has 2 aliphatic carbocycles. The summed E-state index contributed by atoms with van der Waals surface area (Å²) in [5.74, 6) is 2.45. The number of benzene rings is 1. The van der Waals surface area contributed by atoms with E-state index in [1.54, 1.807) is 0 Å². The monoisotopic (exact) mass is 288 g/mol. The molecule has 0 saturated heterocycles. The Kier molecular flexibility index (Phi) is 4.32. The number of nitrogens with one attached hydrogen (secondary N) is 2. The molecule has 21 heavy (non-hydrogen) atoms. The molecule has 1 aromatic rings. The summed E-state index contributed by atoms with van der Waals surface area (Å²) in [6, 6.07) is 8.15. The normalized spacial score (nSPS) is 17.6. The van der Waals surface area contributed by atoms with Gasteiger partial charge in [0.1, 0.15) is 5.75 Å². The third kappa shape index (κ3) is 4.13. The van der Waals surface area contributed by atoms with E-state index in [2.05, 4.69) is 10.6 Å². The summed E-state index contributed by atoms with van der Waals surface area (Å²) >= 11 is 0. The molecule has 2 aliphatic rings. The summed E-state index contributed by atoms with van der Waals surface area (Å²) in [6.45, 7) is 2.97. The summed E-state index contributed by atoms with van der Waals surface area (Å²) in [5.41, 5.74) is 0.947. The molecule has 4 nitrogen and oxygen atoms in total. The van der Waals surface area contributed by atoms with Crippen molar-refractivity contribution in [3.05, 3.63) is 24.3 Å². The average molecular weight is 288 g/mol. The van der Waals surface area contributed by atoms with Gasteiger partial charge in [0.25, 0.3) is 0 Å². The third-order valence-electron chi connectivity index (χ3n) is 4.21. The fraction of sp³-hybridized carbons (Fsp3) is 0.588. The van der Waals surface area contributed by atoms with Gasteiger partial charge in [-0.2, -0.15) is 0 Å². The van der Waals surface area contributed by atoms with E-state index in [1.807, 2.05) is 31.2 Å². The van der Waals surface area contributed by atoms with Crippen molar-refractivity contribution in [3.63, 3.8) is 0 Å². The van der Waals surface area contributed by atoms with Gasteiger partial charge in [0, 0.05) is 11.7 Å². The molecule has 3 rings (SSSR count). The highest BCUT2D eigenvalue weighted by atomic mass is 16.5. The zero-order valence-corrected chi connectivity index (χ0v) is 12.6. The van der Waals surface area contributed by atoms with Crippen molar-refractivity contribution in [2.45, 2.75) is 38.6 Å². The predicted octanol–water partition coefficient (Wildman–Crippen LogP) is 2.80. The van der Waals surface area contributed by atoms with Crippen LogP contribution in [0.2, 0.25) is 0 Å². The van der Waals surface area contributed by atoms with E-state index in [-0.39, 0.29) is 5.91 Å². The molecule has 0 radical (unpaired) electrons. The topological polar surface area (TPSA) is 50.4 Å². The third-order valence-corrected chi connectivity index (χ3v) is 4.21. The maximum absolute atomic E-state index is 12.1. The van der Waals surface area contributed by atoms with Crippen LogP contribution in [0.3, 0.4) is 0 Å². The molecule has 1 aromatic carbocycles. The van der Waals surface area contributed by atoms with E-state index in [4.69, 9.17) is 4.74 Å². The van der Waals surface area contributed by atoms with Gasteiger partial charge in [0.05, 0.1) is 13.2 Å². The molecule has 2 saturated carbocycles. The molecule has 2 fully saturated rings. The Morgan fingerprint density at radius 3 is 2.33 bits per heavy atom. The highest BCUT2D eigenvalue weighted by Crippen LogP contribution is 2.44. The lowest BCUT2D eigenvalue weighted by Gasteiger charge is -2.18. The SMILES string of the molecule is CCOc1ccc(NCC(=O)NC(C2CC2)C2CC2)cc1. The van der Waals surface area contributed by atoms with Crippen LogP contribution in [0.15, 0.2) is 24.3 Å². The van der Waals surface area contributed by atoms with Crippen LogP contribution in [0.4, 0.5) is 5.69 Å². The van der Waals surface area contributed by atoms with Gasteiger partial charge in [-0.25, -0.2) is 0 Å². The number of anilines is 1. The second kappa shape index (κ2) is 6.37. The second-order valence-corrected chi connectivity index (χ2v) is 6.08. The van der Waals surface area contributed by atoms with Gasteiger partial charge in [-0.1, -0.05) is 0 Å². The van der Waals surface area contributed by atoms with Gasteiger partial charge in [-0.15, -0.1) is 0 Å².